The lowest BCUT2D eigenvalue weighted by Gasteiger charge is -2.08. The maximum atomic E-state index is 13.5. The van der Waals surface area contributed by atoms with Crippen molar-refractivity contribution in [3.63, 3.8) is 0 Å². The average Bonchev–Trinajstić information content (AvgIpc) is 2.40. The third-order valence-electron chi connectivity index (χ3n) is 2.68. The number of benzene rings is 2. The summed E-state index contributed by atoms with van der Waals surface area (Å²) in [5, 5.41) is 12.4. The Bertz CT molecular complexity index is 664. The van der Waals surface area contributed by atoms with Crippen molar-refractivity contribution in [1.29, 1.82) is 0 Å². The van der Waals surface area contributed by atoms with Crippen LogP contribution in [-0.4, -0.2) is 11.1 Å². The number of hydrogen-bond acceptors (Lipinski definition) is 2. The Morgan fingerprint density at radius 1 is 1.30 bits per heavy atom. The highest BCUT2D eigenvalue weighted by molar-refractivity contribution is 9.10. The molecule has 0 unspecified atom stereocenters. The molecule has 20 heavy (non-hydrogen) atoms. The number of aromatic carboxylic acids is 1. The smallest absolute Gasteiger partial charge is 0.338 e. The van der Waals surface area contributed by atoms with Gasteiger partial charge in [-0.3, -0.25) is 0 Å². The number of carboxylic acids is 1. The molecule has 0 aliphatic rings. The van der Waals surface area contributed by atoms with E-state index in [9.17, 15) is 9.18 Å². The summed E-state index contributed by atoms with van der Waals surface area (Å²) in [5.41, 5.74) is 1.10. The molecule has 3 nitrogen and oxygen atoms in total. The molecule has 0 amide bonds. The Kier molecular flexibility index (Phi) is 4.62. The van der Waals surface area contributed by atoms with E-state index in [2.05, 4.69) is 21.2 Å². The summed E-state index contributed by atoms with van der Waals surface area (Å²) in [7, 11) is 0. The van der Waals surface area contributed by atoms with E-state index in [0.29, 0.717) is 17.1 Å². The number of rotatable bonds is 4. The Balaban J connectivity index is 2.09. The molecular weight excluding hydrogens is 349 g/mol. The van der Waals surface area contributed by atoms with E-state index in [1.54, 1.807) is 18.2 Å². The van der Waals surface area contributed by atoms with Gasteiger partial charge in [-0.05, 0) is 51.8 Å². The minimum atomic E-state index is -1.28. The molecule has 0 saturated heterocycles. The normalized spacial score (nSPS) is 10.3. The lowest BCUT2D eigenvalue weighted by molar-refractivity contribution is 0.0692. The first-order valence-electron chi connectivity index (χ1n) is 5.68. The summed E-state index contributed by atoms with van der Waals surface area (Å²) in [5.74, 6) is -2.02. The van der Waals surface area contributed by atoms with Crippen molar-refractivity contribution in [3.8, 4) is 0 Å². The van der Waals surface area contributed by atoms with Crippen molar-refractivity contribution >= 4 is 39.2 Å². The van der Waals surface area contributed by atoms with Crippen LogP contribution in [0, 0.1) is 5.82 Å². The molecule has 0 fully saturated rings. The molecule has 0 radical (unpaired) electrons. The van der Waals surface area contributed by atoms with Crippen molar-refractivity contribution in [2.24, 2.45) is 0 Å². The zero-order chi connectivity index (χ0) is 14.7. The summed E-state index contributed by atoms with van der Waals surface area (Å²) < 4.78 is 14.3. The topological polar surface area (TPSA) is 49.3 Å². The van der Waals surface area contributed by atoms with E-state index in [4.69, 9.17) is 16.7 Å². The van der Waals surface area contributed by atoms with Crippen LogP contribution in [0.4, 0.5) is 10.1 Å². The van der Waals surface area contributed by atoms with Gasteiger partial charge in [-0.2, -0.15) is 0 Å². The van der Waals surface area contributed by atoms with Gasteiger partial charge in [-0.15, -0.1) is 0 Å². The van der Waals surface area contributed by atoms with Crippen molar-refractivity contribution in [3.05, 3.63) is 62.8 Å². The first-order valence-corrected chi connectivity index (χ1v) is 6.85. The third-order valence-corrected chi connectivity index (χ3v) is 3.91. The summed E-state index contributed by atoms with van der Waals surface area (Å²) in [6.45, 7) is 0.370. The number of carboxylic acid groups (broad SMARTS) is 1. The maximum Gasteiger partial charge on any atom is 0.338 e. The van der Waals surface area contributed by atoms with Crippen LogP contribution < -0.4 is 5.32 Å². The van der Waals surface area contributed by atoms with E-state index in [1.807, 2.05) is 6.07 Å². The fraction of sp³-hybridized carbons (Fsp3) is 0.0714. The van der Waals surface area contributed by atoms with E-state index in [0.717, 1.165) is 10.2 Å². The quantitative estimate of drug-likeness (QED) is 0.843. The number of nitrogens with one attached hydrogen (secondary N) is 1. The number of anilines is 1. The van der Waals surface area contributed by atoms with Crippen LogP contribution in [0.2, 0.25) is 5.02 Å². The largest absolute Gasteiger partial charge is 0.478 e. The highest BCUT2D eigenvalue weighted by Crippen LogP contribution is 2.25. The molecule has 0 bridgehead atoms. The molecule has 0 aliphatic heterocycles. The van der Waals surface area contributed by atoms with Gasteiger partial charge in [0.25, 0.3) is 0 Å². The van der Waals surface area contributed by atoms with Crippen LogP contribution in [0.3, 0.4) is 0 Å². The highest BCUT2D eigenvalue weighted by atomic mass is 79.9. The molecule has 0 aliphatic carbocycles. The summed E-state index contributed by atoms with van der Waals surface area (Å²) in [6, 6.07) is 9.41. The van der Waals surface area contributed by atoms with Gasteiger partial charge in [0.05, 0.1) is 10.6 Å². The van der Waals surface area contributed by atoms with Gasteiger partial charge in [-0.25, -0.2) is 9.18 Å². The van der Waals surface area contributed by atoms with Crippen LogP contribution in [0.1, 0.15) is 15.9 Å². The highest BCUT2D eigenvalue weighted by Gasteiger charge is 2.10. The van der Waals surface area contributed by atoms with Gasteiger partial charge < -0.3 is 10.4 Å². The Morgan fingerprint density at radius 3 is 2.65 bits per heavy atom. The van der Waals surface area contributed by atoms with Crippen molar-refractivity contribution < 1.29 is 14.3 Å². The van der Waals surface area contributed by atoms with Gasteiger partial charge in [0.2, 0.25) is 0 Å². The third kappa shape index (κ3) is 3.49. The predicted molar refractivity (Wildman–Crippen MR) is 79.8 cm³/mol. The van der Waals surface area contributed by atoms with E-state index in [1.165, 1.54) is 12.1 Å². The van der Waals surface area contributed by atoms with Crippen molar-refractivity contribution in [2.45, 2.75) is 6.54 Å². The molecule has 2 rings (SSSR count). The van der Waals surface area contributed by atoms with Crippen molar-refractivity contribution in [1.82, 2.24) is 0 Å². The van der Waals surface area contributed by atoms with E-state index in [-0.39, 0.29) is 5.56 Å². The Hall–Kier alpha value is -1.59. The van der Waals surface area contributed by atoms with E-state index >= 15 is 0 Å². The standard InChI is InChI=1S/C14H10BrClFNO2/c15-11-4-2-9(6-12(11)16)18-7-8-1-3-10(14(19)20)13(17)5-8/h1-6,18H,7H2,(H,19,20). The zero-order valence-electron chi connectivity index (χ0n) is 10.2. The zero-order valence-corrected chi connectivity index (χ0v) is 12.5. The predicted octanol–water partition coefficient (Wildman–Crippen LogP) is 4.55. The summed E-state index contributed by atoms with van der Waals surface area (Å²) >= 11 is 9.26. The number of carbonyl (C=O) groups is 1. The molecule has 2 aromatic rings. The summed E-state index contributed by atoms with van der Waals surface area (Å²) in [4.78, 5) is 10.7. The van der Waals surface area contributed by atoms with Gasteiger partial charge in [0, 0.05) is 16.7 Å². The monoisotopic (exact) mass is 357 g/mol. The second-order valence-electron chi connectivity index (χ2n) is 4.10. The molecule has 104 valence electrons. The SMILES string of the molecule is O=C(O)c1ccc(CNc2ccc(Br)c(Cl)c2)cc1F. The Labute approximate surface area is 128 Å². The minimum Gasteiger partial charge on any atom is -0.478 e. The maximum absolute atomic E-state index is 13.5. The molecule has 0 aromatic heterocycles. The second kappa shape index (κ2) is 6.24. The van der Waals surface area contributed by atoms with Gasteiger partial charge in [0.1, 0.15) is 5.82 Å². The fourth-order valence-corrected chi connectivity index (χ4v) is 2.08. The first-order chi connectivity index (χ1) is 9.47. The minimum absolute atomic E-state index is 0.333. The van der Waals surface area contributed by atoms with Gasteiger partial charge in [-0.1, -0.05) is 17.7 Å². The van der Waals surface area contributed by atoms with Crippen LogP contribution >= 0.6 is 27.5 Å². The second-order valence-corrected chi connectivity index (χ2v) is 5.36. The summed E-state index contributed by atoms with van der Waals surface area (Å²) in [6.07, 6.45) is 0. The average molecular weight is 359 g/mol. The number of hydrogen-bond donors (Lipinski definition) is 2. The van der Waals surface area contributed by atoms with Crippen molar-refractivity contribution in [2.75, 3.05) is 5.32 Å². The van der Waals surface area contributed by atoms with Crippen LogP contribution in [0.25, 0.3) is 0 Å². The molecule has 0 atom stereocenters. The first kappa shape index (κ1) is 14.8. The Morgan fingerprint density at radius 2 is 2.05 bits per heavy atom. The molecule has 2 aromatic carbocycles. The van der Waals surface area contributed by atoms with E-state index < -0.39 is 11.8 Å². The van der Waals surface area contributed by atoms with Crippen LogP contribution in [0.5, 0.6) is 0 Å². The molecular formula is C14H10BrClFNO2. The molecule has 2 N–H and O–H groups in total. The number of halogens is 3. The van der Waals surface area contributed by atoms with Crippen LogP contribution in [-0.2, 0) is 6.54 Å². The lowest BCUT2D eigenvalue weighted by atomic mass is 10.1. The van der Waals surface area contributed by atoms with Gasteiger partial charge >= 0.3 is 5.97 Å². The fourth-order valence-electron chi connectivity index (χ4n) is 1.65. The van der Waals surface area contributed by atoms with Crippen LogP contribution in [0.15, 0.2) is 40.9 Å². The molecule has 6 heteroatoms. The molecule has 0 saturated carbocycles. The van der Waals surface area contributed by atoms with Gasteiger partial charge in [0.15, 0.2) is 0 Å². The lowest BCUT2D eigenvalue weighted by Crippen LogP contribution is -2.04. The molecule has 0 heterocycles. The molecule has 0 spiro atoms.